The molecule has 5 nitrogen and oxygen atoms in total. The quantitative estimate of drug-likeness (QED) is 0.594. The average Bonchev–Trinajstić information content (AvgIpc) is 2.13. The molecule has 2 amide bonds. The average molecular weight is 231 g/mol. The lowest BCUT2D eigenvalue weighted by atomic mass is 10.3. The van der Waals surface area contributed by atoms with Gasteiger partial charge in [0.05, 0.1) is 0 Å². The minimum Gasteiger partial charge on any atom is -0.508 e. The fraction of sp³-hybridized carbons (Fsp3) is 0.222. The standard InChI is InChI=1S/C9H11ClN2O3/c10-1-2-11-9(15)12-6-3-7(13)5-8(14)4-6/h3-5,13-14H,1-2H2,(H2,11,12,15). The van der Waals surface area contributed by atoms with E-state index in [1.54, 1.807) is 0 Å². The van der Waals surface area contributed by atoms with E-state index in [0.29, 0.717) is 18.1 Å². The number of aromatic hydroxyl groups is 2. The van der Waals surface area contributed by atoms with Crippen LogP contribution in [0.3, 0.4) is 0 Å². The minimum absolute atomic E-state index is 0.123. The van der Waals surface area contributed by atoms with Crippen molar-refractivity contribution in [3.05, 3.63) is 18.2 Å². The summed E-state index contributed by atoms with van der Waals surface area (Å²) in [6.07, 6.45) is 0. The molecule has 0 aromatic heterocycles. The van der Waals surface area contributed by atoms with E-state index < -0.39 is 6.03 Å². The van der Waals surface area contributed by atoms with Gasteiger partial charge < -0.3 is 20.8 Å². The summed E-state index contributed by atoms with van der Waals surface area (Å²) in [5.74, 6) is 0.0731. The lowest BCUT2D eigenvalue weighted by Gasteiger charge is -2.06. The molecular weight excluding hydrogens is 220 g/mol. The van der Waals surface area contributed by atoms with Crippen LogP contribution in [0.2, 0.25) is 0 Å². The van der Waals surface area contributed by atoms with Crippen molar-refractivity contribution in [2.24, 2.45) is 0 Å². The van der Waals surface area contributed by atoms with Gasteiger partial charge in [0.1, 0.15) is 11.5 Å². The topological polar surface area (TPSA) is 81.6 Å². The molecule has 0 spiro atoms. The summed E-state index contributed by atoms with van der Waals surface area (Å²) in [5, 5.41) is 23.2. The van der Waals surface area contributed by atoms with Gasteiger partial charge >= 0.3 is 6.03 Å². The van der Waals surface area contributed by atoms with E-state index in [9.17, 15) is 4.79 Å². The number of urea groups is 1. The highest BCUT2D eigenvalue weighted by Gasteiger charge is 2.03. The third kappa shape index (κ3) is 3.95. The third-order valence-electron chi connectivity index (χ3n) is 1.54. The van der Waals surface area contributed by atoms with Crippen LogP contribution in [0.1, 0.15) is 0 Å². The summed E-state index contributed by atoms with van der Waals surface area (Å²) < 4.78 is 0. The second kappa shape index (κ2) is 5.31. The van der Waals surface area contributed by atoms with Crippen LogP contribution >= 0.6 is 11.6 Å². The molecule has 1 aromatic rings. The number of phenolic OH excluding ortho intramolecular Hbond substituents is 2. The lowest BCUT2D eigenvalue weighted by Crippen LogP contribution is -2.30. The lowest BCUT2D eigenvalue weighted by molar-refractivity contribution is 0.252. The molecule has 4 N–H and O–H groups in total. The van der Waals surface area contributed by atoms with Crippen LogP contribution in [0.15, 0.2) is 18.2 Å². The van der Waals surface area contributed by atoms with Crippen LogP contribution in [0.5, 0.6) is 11.5 Å². The number of benzene rings is 1. The number of alkyl halides is 1. The van der Waals surface area contributed by atoms with Gasteiger partial charge in [-0.2, -0.15) is 0 Å². The van der Waals surface area contributed by atoms with Crippen molar-refractivity contribution in [2.45, 2.75) is 0 Å². The van der Waals surface area contributed by atoms with Gasteiger partial charge in [0.2, 0.25) is 0 Å². The Kier molecular flexibility index (Phi) is 4.05. The van der Waals surface area contributed by atoms with Gasteiger partial charge in [0.25, 0.3) is 0 Å². The molecule has 1 aromatic carbocycles. The zero-order valence-electron chi connectivity index (χ0n) is 7.83. The molecule has 0 aliphatic heterocycles. The van der Waals surface area contributed by atoms with E-state index >= 15 is 0 Å². The van der Waals surface area contributed by atoms with E-state index in [-0.39, 0.29) is 11.5 Å². The van der Waals surface area contributed by atoms with Gasteiger partial charge in [-0.25, -0.2) is 4.79 Å². The predicted molar refractivity (Wildman–Crippen MR) is 57.5 cm³/mol. The number of halogens is 1. The van der Waals surface area contributed by atoms with Crippen LogP contribution in [-0.4, -0.2) is 28.7 Å². The monoisotopic (exact) mass is 230 g/mol. The number of phenols is 2. The van der Waals surface area contributed by atoms with Gasteiger partial charge in [0, 0.05) is 36.3 Å². The van der Waals surface area contributed by atoms with Crippen LogP contribution in [0.4, 0.5) is 10.5 Å². The number of amides is 2. The van der Waals surface area contributed by atoms with Crippen LogP contribution in [-0.2, 0) is 0 Å². The van der Waals surface area contributed by atoms with Gasteiger partial charge in [-0.1, -0.05) is 0 Å². The van der Waals surface area contributed by atoms with Crippen molar-refractivity contribution in [1.82, 2.24) is 5.32 Å². The molecule has 0 fully saturated rings. The highest BCUT2D eigenvalue weighted by molar-refractivity contribution is 6.18. The zero-order chi connectivity index (χ0) is 11.3. The van der Waals surface area contributed by atoms with Crippen LogP contribution < -0.4 is 10.6 Å². The number of hydrogen-bond acceptors (Lipinski definition) is 3. The van der Waals surface area contributed by atoms with Gasteiger partial charge in [-0.15, -0.1) is 11.6 Å². The first-order valence-corrected chi connectivity index (χ1v) is 4.79. The van der Waals surface area contributed by atoms with Gasteiger partial charge in [-0.05, 0) is 0 Å². The number of hydrogen-bond donors (Lipinski definition) is 4. The Balaban J connectivity index is 2.60. The first-order chi connectivity index (χ1) is 7.11. The Hall–Kier alpha value is -1.62. The minimum atomic E-state index is -0.444. The highest BCUT2D eigenvalue weighted by atomic mass is 35.5. The number of carbonyl (C=O) groups excluding carboxylic acids is 1. The maximum Gasteiger partial charge on any atom is 0.319 e. The SMILES string of the molecule is O=C(NCCCl)Nc1cc(O)cc(O)c1. The Morgan fingerprint density at radius 3 is 2.40 bits per heavy atom. The summed E-state index contributed by atoms with van der Waals surface area (Å²) in [7, 11) is 0. The van der Waals surface area contributed by atoms with E-state index in [0.717, 1.165) is 0 Å². The smallest absolute Gasteiger partial charge is 0.319 e. The normalized spacial score (nSPS) is 9.67. The summed E-state index contributed by atoms with van der Waals surface area (Å²) in [4.78, 5) is 11.1. The fourth-order valence-electron chi connectivity index (χ4n) is 1.00. The summed E-state index contributed by atoms with van der Waals surface area (Å²) in [5.41, 5.74) is 0.305. The molecule has 0 radical (unpaired) electrons. The number of rotatable bonds is 3. The zero-order valence-corrected chi connectivity index (χ0v) is 8.58. The Bertz CT molecular complexity index is 337. The molecule has 0 atom stereocenters. The second-order valence-corrected chi connectivity index (χ2v) is 3.19. The molecule has 6 heteroatoms. The van der Waals surface area contributed by atoms with E-state index in [1.165, 1.54) is 18.2 Å². The van der Waals surface area contributed by atoms with E-state index in [1.807, 2.05) is 0 Å². The van der Waals surface area contributed by atoms with Crippen molar-refractivity contribution < 1.29 is 15.0 Å². The molecule has 0 bridgehead atoms. The molecule has 0 aliphatic rings. The predicted octanol–water partition coefficient (Wildman–Crippen LogP) is 1.46. The molecular formula is C9H11ClN2O3. The molecule has 0 unspecified atom stereocenters. The van der Waals surface area contributed by atoms with Crippen LogP contribution in [0.25, 0.3) is 0 Å². The van der Waals surface area contributed by atoms with E-state index in [4.69, 9.17) is 21.8 Å². The molecule has 15 heavy (non-hydrogen) atoms. The third-order valence-corrected chi connectivity index (χ3v) is 1.73. The summed E-state index contributed by atoms with van der Waals surface area (Å²) in [6, 6.07) is 3.36. The van der Waals surface area contributed by atoms with Crippen molar-refractivity contribution in [1.29, 1.82) is 0 Å². The van der Waals surface area contributed by atoms with Crippen molar-refractivity contribution in [2.75, 3.05) is 17.7 Å². The van der Waals surface area contributed by atoms with Crippen molar-refractivity contribution >= 4 is 23.3 Å². The van der Waals surface area contributed by atoms with E-state index in [2.05, 4.69) is 10.6 Å². The van der Waals surface area contributed by atoms with Crippen molar-refractivity contribution in [3.63, 3.8) is 0 Å². The largest absolute Gasteiger partial charge is 0.508 e. The van der Waals surface area contributed by atoms with Crippen LogP contribution in [0, 0.1) is 0 Å². The first kappa shape index (κ1) is 11.5. The van der Waals surface area contributed by atoms with Gasteiger partial charge in [-0.3, -0.25) is 0 Å². The summed E-state index contributed by atoms with van der Waals surface area (Å²) in [6.45, 7) is 0.345. The molecule has 0 heterocycles. The molecule has 82 valence electrons. The molecule has 0 saturated carbocycles. The second-order valence-electron chi connectivity index (χ2n) is 2.81. The Morgan fingerprint density at radius 1 is 1.27 bits per heavy atom. The number of anilines is 1. The molecule has 0 aliphatic carbocycles. The maximum atomic E-state index is 11.1. The molecule has 0 saturated heterocycles. The number of carbonyl (C=O) groups is 1. The Morgan fingerprint density at radius 2 is 1.87 bits per heavy atom. The summed E-state index contributed by atoms with van der Waals surface area (Å²) >= 11 is 5.38. The first-order valence-electron chi connectivity index (χ1n) is 4.25. The fourth-order valence-corrected chi connectivity index (χ4v) is 1.10. The number of nitrogens with one attached hydrogen (secondary N) is 2. The van der Waals surface area contributed by atoms with Gasteiger partial charge in [0.15, 0.2) is 0 Å². The highest BCUT2D eigenvalue weighted by Crippen LogP contribution is 2.23. The Labute approximate surface area is 91.7 Å². The van der Waals surface area contributed by atoms with Crippen molar-refractivity contribution in [3.8, 4) is 11.5 Å². The maximum absolute atomic E-state index is 11.1. The molecule has 1 rings (SSSR count).